The molecule has 3 aliphatic rings. The third-order valence-corrected chi connectivity index (χ3v) is 5.88. The van der Waals surface area contributed by atoms with Gasteiger partial charge in [0.05, 0.1) is 18.1 Å². The minimum absolute atomic E-state index is 0.187. The largest absolute Gasteiger partial charge is 0.481 e. The SMILES string of the molecule is C=C(C)C[C@H]1N(c2ccc(Br)cc2)C(=O)[C@@H]2[C@@H](C(=O)O)[C@H]3C=C[C@]21O3. The molecule has 3 heterocycles. The van der Waals surface area contributed by atoms with Crippen molar-refractivity contribution < 1.29 is 19.4 Å². The molecule has 4 rings (SSSR count). The number of carboxylic acid groups (broad SMARTS) is 1. The molecular weight excluding hydrogens is 386 g/mol. The van der Waals surface area contributed by atoms with Crippen LogP contribution in [0.2, 0.25) is 0 Å². The van der Waals surface area contributed by atoms with Crippen molar-refractivity contribution >= 4 is 33.5 Å². The van der Waals surface area contributed by atoms with E-state index in [1.807, 2.05) is 37.3 Å². The van der Waals surface area contributed by atoms with Crippen LogP contribution in [-0.2, 0) is 14.3 Å². The van der Waals surface area contributed by atoms with Crippen LogP contribution >= 0.6 is 15.9 Å². The van der Waals surface area contributed by atoms with Crippen LogP contribution in [0.3, 0.4) is 0 Å². The number of fused-ring (bicyclic) bond motifs is 1. The highest BCUT2D eigenvalue weighted by atomic mass is 79.9. The zero-order valence-electron chi connectivity index (χ0n) is 13.7. The third-order valence-electron chi connectivity index (χ3n) is 5.35. The quantitative estimate of drug-likeness (QED) is 0.784. The lowest BCUT2D eigenvalue weighted by Gasteiger charge is -2.33. The number of rotatable bonds is 4. The van der Waals surface area contributed by atoms with Crippen LogP contribution in [0, 0.1) is 11.8 Å². The van der Waals surface area contributed by atoms with Gasteiger partial charge in [-0.05, 0) is 37.6 Å². The Bertz CT molecular complexity index is 802. The van der Waals surface area contributed by atoms with Gasteiger partial charge in [-0.3, -0.25) is 9.59 Å². The van der Waals surface area contributed by atoms with Crippen molar-refractivity contribution in [3.63, 3.8) is 0 Å². The van der Waals surface area contributed by atoms with Crippen molar-refractivity contribution in [2.24, 2.45) is 11.8 Å². The van der Waals surface area contributed by atoms with E-state index >= 15 is 0 Å². The summed E-state index contributed by atoms with van der Waals surface area (Å²) in [5.74, 6) is -2.72. The van der Waals surface area contributed by atoms with E-state index in [1.54, 1.807) is 11.0 Å². The van der Waals surface area contributed by atoms with E-state index in [-0.39, 0.29) is 11.9 Å². The molecule has 5 atom stereocenters. The summed E-state index contributed by atoms with van der Waals surface area (Å²) in [5.41, 5.74) is 0.776. The van der Waals surface area contributed by atoms with Gasteiger partial charge in [-0.1, -0.05) is 33.7 Å². The normalized spacial score (nSPS) is 35.3. The Hall–Kier alpha value is -1.92. The van der Waals surface area contributed by atoms with E-state index in [0.29, 0.717) is 6.42 Å². The second-order valence-electron chi connectivity index (χ2n) is 7.00. The number of hydrogen-bond acceptors (Lipinski definition) is 3. The molecule has 0 unspecified atom stereocenters. The Morgan fingerprint density at radius 2 is 2.08 bits per heavy atom. The highest BCUT2D eigenvalue weighted by molar-refractivity contribution is 9.10. The first-order chi connectivity index (χ1) is 11.8. The molecule has 1 aromatic carbocycles. The first-order valence-electron chi connectivity index (χ1n) is 8.18. The number of carboxylic acids is 1. The maximum Gasteiger partial charge on any atom is 0.310 e. The number of carbonyl (C=O) groups excluding carboxylic acids is 1. The molecule has 1 N–H and O–H groups in total. The van der Waals surface area contributed by atoms with E-state index in [4.69, 9.17) is 4.74 Å². The molecule has 1 aromatic rings. The standard InChI is InChI=1S/C19H18BrNO4/c1-10(2)9-14-19-8-7-13(25-19)15(18(23)24)16(19)17(22)21(14)12-5-3-11(20)4-6-12/h3-8,13-16H,1,9H2,2H3,(H,23,24)/t13-,14-,15+,16+,19-/m1/s1. The predicted molar refractivity (Wildman–Crippen MR) is 96.2 cm³/mol. The number of carbonyl (C=O) groups is 2. The van der Waals surface area contributed by atoms with Gasteiger partial charge >= 0.3 is 5.97 Å². The number of benzene rings is 1. The topological polar surface area (TPSA) is 66.8 Å². The zero-order valence-corrected chi connectivity index (χ0v) is 15.3. The van der Waals surface area contributed by atoms with Gasteiger partial charge in [-0.25, -0.2) is 0 Å². The fourth-order valence-corrected chi connectivity index (χ4v) is 4.69. The molecule has 1 spiro atoms. The zero-order chi connectivity index (χ0) is 17.9. The Labute approximate surface area is 154 Å². The molecule has 0 aliphatic carbocycles. The van der Waals surface area contributed by atoms with Crippen LogP contribution in [0.25, 0.3) is 0 Å². The van der Waals surface area contributed by atoms with Crippen LogP contribution < -0.4 is 4.90 Å². The summed E-state index contributed by atoms with van der Waals surface area (Å²) in [4.78, 5) is 26.8. The van der Waals surface area contributed by atoms with Crippen LogP contribution in [0.1, 0.15) is 13.3 Å². The van der Waals surface area contributed by atoms with Crippen molar-refractivity contribution in [2.75, 3.05) is 4.90 Å². The number of nitrogens with zero attached hydrogens (tertiary/aromatic N) is 1. The fraction of sp³-hybridized carbons (Fsp3) is 0.368. The third kappa shape index (κ3) is 2.24. The van der Waals surface area contributed by atoms with E-state index in [0.717, 1.165) is 15.7 Å². The van der Waals surface area contributed by atoms with E-state index < -0.39 is 29.5 Å². The summed E-state index contributed by atoms with van der Waals surface area (Å²) in [6, 6.07) is 7.16. The monoisotopic (exact) mass is 403 g/mol. The maximum absolute atomic E-state index is 13.3. The van der Waals surface area contributed by atoms with Gasteiger partial charge in [0.2, 0.25) is 5.91 Å². The van der Waals surface area contributed by atoms with Crippen LogP contribution in [0.4, 0.5) is 5.69 Å². The first kappa shape index (κ1) is 16.5. The van der Waals surface area contributed by atoms with Gasteiger partial charge in [0, 0.05) is 10.2 Å². The Morgan fingerprint density at radius 3 is 2.68 bits per heavy atom. The van der Waals surface area contributed by atoms with Crippen LogP contribution in [0.15, 0.2) is 53.0 Å². The lowest BCUT2D eigenvalue weighted by Crippen LogP contribution is -2.45. The maximum atomic E-state index is 13.3. The molecule has 3 aliphatic heterocycles. The molecule has 0 saturated carbocycles. The lowest BCUT2D eigenvalue weighted by molar-refractivity contribution is -0.146. The second-order valence-corrected chi connectivity index (χ2v) is 7.91. The van der Waals surface area contributed by atoms with Gasteiger partial charge in [-0.2, -0.15) is 0 Å². The number of halogens is 1. The summed E-state index contributed by atoms with van der Waals surface area (Å²) in [7, 11) is 0. The number of ether oxygens (including phenoxy) is 1. The fourth-order valence-electron chi connectivity index (χ4n) is 4.42. The summed E-state index contributed by atoms with van der Waals surface area (Å²) in [6.45, 7) is 5.90. The minimum Gasteiger partial charge on any atom is -0.481 e. The van der Waals surface area contributed by atoms with Crippen molar-refractivity contribution in [2.45, 2.75) is 31.1 Å². The average Bonchev–Trinajstić information content (AvgIpc) is 3.18. The number of amides is 1. The Kier molecular flexibility index (Phi) is 3.67. The molecule has 1 amide bonds. The highest BCUT2D eigenvalue weighted by Gasteiger charge is 2.71. The molecule has 0 aromatic heterocycles. The Morgan fingerprint density at radius 1 is 1.40 bits per heavy atom. The van der Waals surface area contributed by atoms with Crippen LogP contribution in [0.5, 0.6) is 0 Å². The highest BCUT2D eigenvalue weighted by Crippen LogP contribution is 2.56. The molecule has 5 nitrogen and oxygen atoms in total. The molecule has 0 radical (unpaired) electrons. The lowest BCUT2D eigenvalue weighted by atomic mass is 9.74. The van der Waals surface area contributed by atoms with Gasteiger partial charge in [0.15, 0.2) is 0 Å². The van der Waals surface area contributed by atoms with Gasteiger partial charge in [0.1, 0.15) is 11.5 Å². The molecular formula is C19H18BrNO4. The van der Waals surface area contributed by atoms with Crippen molar-refractivity contribution in [1.29, 1.82) is 0 Å². The second kappa shape index (κ2) is 5.54. The molecule has 130 valence electrons. The molecule has 2 fully saturated rings. The summed E-state index contributed by atoms with van der Waals surface area (Å²) >= 11 is 3.40. The summed E-state index contributed by atoms with van der Waals surface area (Å²) in [5, 5.41) is 9.65. The van der Waals surface area contributed by atoms with E-state index in [9.17, 15) is 14.7 Å². The van der Waals surface area contributed by atoms with E-state index in [1.165, 1.54) is 0 Å². The molecule has 2 saturated heterocycles. The van der Waals surface area contributed by atoms with Crippen molar-refractivity contribution in [1.82, 2.24) is 0 Å². The number of anilines is 1. The molecule has 25 heavy (non-hydrogen) atoms. The number of aliphatic carboxylic acids is 1. The minimum atomic E-state index is -0.985. The van der Waals surface area contributed by atoms with Gasteiger partial charge in [0.25, 0.3) is 0 Å². The Balaban J connectivity index is 1.84. The van der Waals surface area contributed by atoms with Crippen molar-refractivity contribution in [3.05, 3.63) is 53.0 Å². The average molecular weight is 404 g/mol. The molecule has 2 bridgehead atoms. The predicted octanol–water partition coefficient (Wildman–Crippen LogP) is 3.15. The van der Waals surface area contributed by atoms with Gasteiger partial charge < -0.3 is 14.7 Å². The molecule has 6 heteroatoms. The summed E-state index contributed by atoms with van der Waals surface area (Å²) < 4.78 is 7.03. The van der Waals surface area contributed by atoms with Gasteiger partial charge in [-0.15, -0.1) is 6.58 Å². The smallest absolute Gasteiger partial charge is 0.310 e. The summed E-state index contributed by atoms with van der Waals surface area (Å²) in [6.07, 6.45) is 3.71. The van der Waals surface area contributed by atoms with Crippen LogP contribution in [-0.4, -0.2) is 34.7 Å². The van der Waals surface area contributed by atoms with Crippen molar-refractivity contribution in [3.8, 4) is 0 Å². The first-order valence-corrected chi connectivity index (χ1v) is 8.97. The number of hydrogen-bond donors (Lipinski definition) is 1. The van der Waals surface area contributed by atoms with E-state index in [2.05, 4.69) is 22.5 Å².